The number of nitrogens with one attached hydrogen (secondary N) is 2. The fraction of sp³-hybridized carbons (Fsp3) is 0.406. The predicted octanol–water partition coefficient (Wildman–Crippen LogP) is 5.60. The second kappa shape index (κ2) is 12.5. The van der Waals surface area contributed by atoms with Crippen LogP contribution >= 0.6 is 11.3 Å². The number of hydrogen-bond donors (Lipinski definition) is 2. The molecule has 10 nitrogen and oxygen atoms in total. The van der Waals surface area contributed by atoms with Crippen molar-refractivity contribution in [3.05, 3.63) is 65.0 Å². The van der Waals surface area contributed by atoms with Crippen molar-refractivity contribution in [3.63, 3.8) is 0 Å². The van der Waals surface area contributed by atoms with Crippen molar-refractivity contribution in [2.24, 2.45) is 11.8 Å². The van der Waals surface area contributed by atoms with Crippen molar-refractivity contribution < 1.29 is 14.0 Å². The lowest BCUT2D eigenvalue weighted by atomic mass is 10.1. The lowest BCUT2D eigenvalue weighted by molar-refractivity contribution is -0.127. The zero-order valence-electron chi connectivity index (χ0n) is 24.4. The van der Waals surface area contributed by atoms with Gasteiger partial charge >= 0.3 is 0 Å². The molecule has 2 N–H and O–H groups in total. The topological polar surface area (TPSA) is 129 Å². The van der Waals surface area contributed by atoms with Crippen LogP contribution in [-0.2, 0) is 17.9 Å². The first-order valence-electron chi connectivity index (χ1n) is 14.8. The van der Waals surface area contributed by atoms with Crippen LogP contribution in [0.3, 0.4) is 0 Å². The predicted molar refractivity (Wildman–Crippen MR) is 165 cm³/mol. The van der Waals surface area contributed by atoms with Gasteiger partial charge in [-0.25, -0.2) is 9.97 Å². The number of thiophene rings is 1. The molecule has 0 radical (unpaired) electrons. The van der Waals surface area contributed by atoms with Gasteiger partial charge in [0.05, 0.1) is 33.0 Å². The maximum atomic E-state index is 13.4. The molecule has 1 aliphatic heterocycles. The quantitative estimate of drug-likeness (QED) is 0.170. The molecule has 4 aromatic rings. The highest BCUT2D eigenvalue weighted by molar-refractivity contribution is 7.17. The van der Waals surface area contributed by atoms with E-state index in [0.717, 1.165) is 53.3 Å². The van der Waals surface area contributed by atoms with Gasteiger partial charge in [-0.15, -0.1) is 11.3 Å². The minimum Gasteiger partial charge on any atom is -0.443 e. The minimum absolute atomic E-state index is 0.0915. The monoisotopic (exact) mass is 597 g/mol. The summed E-state index contributed by atoms with van der Waals surface area (Å²) in [6, 6.07) is 11.8. The van der Waals surface area contributed by atoms with Gasteiger partial charge in [0.15, 0.2) is 12.2 Å². The van der Waals surface area contributed by atoms with Crippen molar-refractivity contribution in [1.82, 2.24) is 24.8 Å². The number of likely N-dealkylation sites (tertiary alicyclic amines) is 1. The molecule has 1 atom stereocenters. The normalized spacial score (nSPS) is 17.1. The number of carbonyl (C=O) groups excluding carboxylic acids is 2. The Hall–Kier alpha value is -4.27. The average molecular weight is 598 g/mol. The van der Waals surface area contributed by atoms with E-state index in [2.05, 4.69) is 33.8 Å². The highest BCUT2D eigenvalue weighted by atomic mass is 32.1. The molecule has 1 aromatic carbocycles. The number of rotatable bonds is 11. The molecular weight excluding hydrogens is 562 g/mol. The van der Waals surface area contributed by atoms with Gasteiger partial charge in [0, 0.05) is 19.6 Å². The first kappa shape index (κ1) is 28.8. The number of imidazole rings is 1. The summed E-state index contributed by atoms with van der Waals surface area (Å²) in [6.07, 6.45) is 8.95. The van der Waals surface area contributed by atoms with Crippen molar-refractivity contribution in [1.29, 1.82) is 5.26 Å². The molecule has 2 fully saturated rings. The van der Waals surface area contributed by atoms with Gasteiger partial charge in [-0.3, -0.25) is 14.9 Å². The molecule has 0 spiro atoms. The Bertz CT molecular complexity index is 1690. The van der Waals surface area contributed by atoms with Gasteiger partial charge in [-0.2, -0.15) is 5.26 Å². The second-order valence-electron chi connectivity index (χ2n) is 11.7. The summed E-state index contributed by atoms with van der Waals surface area (Å²) in [5.41, 5.74) is 2.96. The lowest BCUT2D eigenvalue weighted by Gasteiger charge is -2.26. The van der Waals surface area contributed by atoms with Crippen molar-refractivity contribution in [2.75, 3.05) is 18.4 Å². The number of nitriles is 1. The number of fused-ring (bicyclic) bond motifs is 1. The van der Waals surface area contributed by atoms with Crippen LogP contribution in [0.15, 0.2) is 59.0 Å². The number of carbonyl (C=O) groups is 2. The first-order valence-corrected chi connectivity index (χ1v) is 15.6. The summed E-state index contributed by atoms with van der Waals surface area (Å²) in [5, 5.41) is 16.2. The number of hydrogen-bond acceptors (Lipinski definition) is 8. The average Bonchev–Trinajstić information content (AvgIpc) is 3.44. The van der Waals surface area contributed by atoms with Gasteiger partial charge in [0.2, 0.25) is 5.95 Å². The van der Waals surface area contributed by atoms with Gasteiger partial charge in [-0.05, 0) is 73.9 Å². The van der Waals surface area contributed by atoms with Crippen LogP contribution in [0, 0.1) is 23.2 Å². The van der Waals surface area contributed by atoms with E-state index in [9.17, 15) is 14.9 Å². The van der Waals surface area contributed by atoms with E-state index in [-0.39, 0.29) is 29.3 Å². The molecule has 1 saturated heterocycles. The second-order valence-corrected chi connectivity index (χ2v) is 12.7. The Morgan fingerprint density at radius 1 is 1.23 bits per heavy atom. The van der Waals surface area contributed by atoms with Gasteiger partial charge in [0.25, 0.3) is 11.8 Å². The first-order chi connectivity index (χ1) is 20.9. The van der Waals surface area contributed by atoms with E-state index in [0.29, 0.717) is 29.7 Å². The highest BCUT2D eigenvalue weighted by Gasteiger charge is 2.32. The van der Waals surface area contributed by atoms with Crippen LogP contribution in [0.25, 0.3) is 21.7 Å². The Kier molecular flexibility index (Phi) is 8.40. The van der Waals surface area contributed by atoms with E-state index in [1.54, 1.807) is 23.2 Å². The summed E-state index contributed by atoms with van der Waals surface area (Å²) in [5.74, 6) is 1.40. The molecule has 11 heteroatoms. The standard InChI is InChI=1S/C32H35N7O3S/c1-20(2)12-23(14-33)31(41)38-11-3-4-24(38)18-39-26-8-7-22(16-34-15-21-5-6-21)13-25(26)36-32(39)37-30(40)29-10-9-28(43-29)27-17-35-19-42-27/h7-10,12-13,17,19-21,24,34H,3-6,11,15-16,18H2,1-2H3,(H,36,37,40)/t24-/m1/s1. The molecule has 3 aromatic heterocycles. The summed E-state index contributed by atoms with van der Waals surface area (Å²) in [7, 11) is 0. The van der Waals surface area contributed by atoms with Gasteiger partial charge in [-0.1, -0.05) is 26.0 Å². The van der Waals surface area contributed by atoms with Crippen LogP contribution in [0.2, 0.25) is 0 Å². The Morgan fingerprint density at radius 2 is 2.09 bits per heavy atom. The SMILES string of the molecule is CC(C)C=C(C#N)C(=O)N1CCC[C@@H]1Cn1c(NC(=O)c2ccc(-c3cnco3)s2)nc2cc(CNCC3CC3)ccc21. The van der Waals surface area contributed by atoms with Crippen LogP contribution < -0.4 is 10.6 Å². The summed E-state index contributed by atoms with van der Waals surface area (Å²) < 4.78 is 7.38. The molecule has 1 saturated carbocycles. The molecule has 222 valence electrons. The van der Waals surface area contributed by atoms with E-state index < -0.39 is 0 Å². The van der Waals surface area contributed by atoms with Gasteiger partial charge in [0.1, 0.15) is 11.6 Å². The number of aromatic nitrogens is 3. The third-order valence-electron chi connectivity index (χ3n) is 7.88. The zero-order chi connectivity index (χ0) is 29.9. The smallest absolute Gasteiger partial charge is 0.268 e. The Balaban J connectivity index is 1.28. The summed E-state index contributed by atoms with van der Waals surface area (Å²) in [6.45, 7) is 6.72. The number of allylic oxidation sites excluding steroid dienone is 1. The molecular formula is C32H35N7O3S. The third-order valence-corrected chi connectivity index (χ3v) is 8.98. The summed E-state index contributed by atoms with van der Waals surface area (Å²) >= 11 is 1.32. The number of oxazole rings is 1. The van der Waals surface area contributed by atoms with Crippen LogP contribution in [0.1, 0.15) is 54.8 Å². The maximum Gasteiger partial charge on any atom is 0.268 e. The number of benzene rings is 1. The molecule has 1 aliphatic carbocycles. The lowest BCUT2D eigenvalue weighted by Crippen LogP contribution is -2.39. The van der Waals surface area contributed by atoms with Crippen molar-refractivity contribution in [2.45, 2.75) is 58.7 Å². The molecule has 4 heterocycles. The molecule has 2 amide bonds. The molecule has 0 unspecified atom stereocenters. The Labute approximate surface area is 254 Å². The van der Waals surface area contributed by atoms with E-state index >= 15 is 0 Å². The molecule has 43 heavy (non-hydrogen) atoms. The fourth-order valence-electron chi connectivity index (χ4n) is 5.55. The van der Waals surface area contributed by atoms with Crippen LogP contribution in [-0.4, -0.2) is 50.4 Å². The minimum atomic E-state index is -0.273. The number of nitrogens with zero attached hydrogens (tertiary/aromatic N) is 5. The molecule has 0 bridgehead atoms. The van der Waals surface area contributed by atoms with Crippen molar-refractivity contribution >= 4 is 40.1 Å². The highest BCUT2D eigenvalue weighted by Crippen LogP contribution is 2.31. The zero-order valence-corrected chi connectivity index (χ0v) is 25.2. The Morgan fingerprint density at radius 3 is 2.84 bits per heavy atom. The largest absolute Gasteiger partial charge is 0.443 e. The third kappa shape index (κ3) is 6.55. The van der Waals surface area contributed by atoms with E-state index in [1.807, 2.05) is 30.5 Å². The number of amides is 2. The molecule has 6 rings (SSSR count). The van der Waals surface area contributed by atoms with Crippen LogP contribution in [0.4, 0.5) is 5.95 Å². The summed E-state index contributed by atoms with van der Waals surface area (Å²) in [4.78, 5) is 38.8. The van der Waals surface area contributed by atoms with E-state index in [4.69, 9.17) is 9.40 Å². The molecule has 2 aliphatic rings. The number of anilines is 1. The van der Waals surface area contributed by atoms with Crippen molar-refractivity contribution in [3.8, 4) is 16.7 Å². The van der Waals surface area contributed by atoms with Gasteiger partial charge < -0.3 is 19.2 Å². The van der Waals surface area contributed by atoms with E-state index in [1.165, 1.54) is 30.6 Å². The van der Waals surface area contributed by atoms with Crippen LogP contribution in [0.5, 0.6) is 0 Å². The maximum absolute atomic E-state index is 13.4. The fourth-order valence-corrected chi connectivity index (χ4v) is 6.40.